The van der Waals surface area contributed by atoms with Gasteiger partial charge in [-0.2, -0.15) is 0 Å². The van der Waals surface area contributed by atoms with Gasteiger partial charge in [0, 0.05) is 18.6 Å². The van der Waals surface area contributed by atoms with Crippen LogP contribution < -0.4 is 4.57 Å². The van der Waals surface area contributed by atoms with E-state index in [1.165, 1.54) is 38.0 Å². The smallest absolute Gasteiger partial charge is 0.147 e. The van der Waals surface area contributed by atoms with Crippen molar-refractivity contribution in [1.82, 2.24) is 0 Å². The molecule has 4 aromatic rings. The molecule has 0 bridgehead atoms. The maximum atomic E-state index is 2.40. The highest BCUT2D eigenvalue weighted by Gasteiger charge is 2.28. The van der Waals surface area contributed by atoms with Gasteiger partial charge < -0.3 is 0 Å². The normalized spacial score (nSPS) is 10.8. The van der Waals surface area contributed by atoms with Crippen LogP contribution in [0.25, 0.3) is 26.7 Å². The second kappa shape index (κ2) is 6.66. The first-order valence-electron chi connectivity index (χ1n) is 8.48. The van der Waals surface area contributed by atoms with Crippen LogP contribution in [0.4, 0.5) is 0 Å². The molecule has 0 saturated carbocycles. The van der Waals surface area contributed by atoms with Crippen LogP contribution in [0.2, 0.25) is 0 Å². The highest BCUT2D eigenvalue weighted by atomic mass is 32.1. The lowest BCUT2D eigenvalue weighted by atomic mass is 10.1. The van der Waals surface area contributed by atoms with E-state index in [0.717, 1.165) is 0 Å². The molecule has 4 rings (SSSR count). The lowest BCUT2D eigenvalue weighted by Crippen LogP contribution is -2.34. The molecule has 3 aromatic carbocycles. The Morgan fingerprint density at radius 2 is 1.20 bits per heavy atom. The molecule has 0 spiro atoms. The molecule has 1 aromatic heterocycles. The van der Waals surface area contributed by atoms with Crippen LogP contribution in [-0.4, -0.2) is 0 Å². The van der Waals surface area contributed by atoms with Crippen LogP contribution in [0.1, 0.15) is 11.3 Å². The average Bonchev–Trinajstić information content (AvgIpc) is 3.01. The summed E-state index contributed by atoms with van der Waals surface area (Å²) >= 11 is 1.86. The molecule has 2 heteroatoms. The Hall–Kier alpha value is -2.71. The van der Waals surface area contributed by atoms with Crippen molar-refractivity contribution >= 4 is 11.3 Å². The van der Waals surface area contributed by atoms with E-state index < -0.39 is 0 Å². The summed E-state index contributed by atoms with van der Waals surface area (Å²) in [5.74, 6) is 0. The van der Waals surface area contributed by atoms with Crippen molar-refractivity contribution in [3.8, 4) is 26.7 Å². The summed E-state index contributed by atoms with van der Waals surface area (Å²) in [5.41, 5.74) is 6.34. The molecule has 0 saturated heterocycles. The molecule has 25 heavy (non-hydrogen) atoms. The molecular formula is C23H20NS+. The van der Waals surface area contributed by atoms with E-state index in [-0.39, 0.29) is 0 Å². The number of thiazole rings is 1. The number of hydrogen-bond donors (Lipinski definition) is 0. The Morgan fingerprint density at radius 1 is 0.640 bits per heavy atom. The molecule has 122 valence electrons. The number of rotatable bonds is 3. The van der Waals surface area contributed by atoms with Gasteiger partial charge in [-0.1, -0.05) is 78.1 Å². The number of aromatic nitrogens is 1. The number of benzene rings is 3. The minimum Gasteiger partial charge on any atom is -0.147 e. The molecule has 0 unspecified atom stereocenters. The Kier molecular flexibility index (Phi) is 4.21. The molecule has 0 radical (unpaired) electrons. The largest absolute Gasteiger partial charge is 0.275 e. The van der Waals surface area contributed by atoms with Crippen molar-refractivity contribution in [2.24, 2.45) is 0 Å². The molecule has 0 fully saturated rings. The van der Waals surface area contributed by atoms with Crippen molar-refractivity contribution in [1.29, 1.82) is 0 Å². The van der Waals surface area contributed by atoms with Gasteiger partial charge >= 0.3 is 0 Å². The van der Waals surface area contributed by atoms with E-state index in [4.69, 9.17) is 0 Å². The third-order valence-corrected chi connectivity index (χ3v) is 5.83. The van der Waals surface area contributed by atoms with Crippen LogP contribution >= 0.6 is 11.3 Å². The van der Waals surface area contributed by atoms with Crippen molar-refractivity contribution < 1.29 is 4.57 Å². The fourth-order valence-corrected chi connectivity index (χ4v) is 4.47. The molecule has 1 nitrogen and oxygen atoms in total. The summed E-state index contributed by atoms with van der Waals surface area (Å²) in [6.45, 7) is 4.40. The topological polar surface area (TPSA) is 3.88 Å². The maximum Gasteiger partial charge on any atom is 0.275 e. The summed E-state index contributed by atoms with van der Waals surface area (Å²) in [6.07, 6.45) is 0. The quantitative estimate of drug-likeness (QED) is 0.403. The van der Waals surface area contributed by atoms with Crippen molar-refractivity contribution in [2.45, 2.75) is 13.8 Å². The molecule has 1 heterocycles. The molecule has 0 N–H and O–H groups in total. The zero-order chi connectivity index (χ0) is 17.2. The summed E-state index contributed by atoms with van der Waals surface area (Å²) in [7, 11) is 0. The van der Waals surface area contributed by atoms with Gasteiger partial charge in [-0.05, 0) is 24.6 Å². The third kappa shape index (κ3) is 2.90. The number of para-hydroxylation sites is 1. The van der Waals surface area contributed by atoms with Gasteiger partial charge in [-0.25, -0.2) is 0 Å². The summed E-state index contributed by atoms with van der Waals surface area (Å²) in [6, 6.07) is 29.9. The van der Waals surface area contributed by atoms with Gasteiger partial charge in [0.05, 0.1) is 5.56 Å². The number of hydrogen-bond acceptors (Lipinski definition) is 1. The predicted molar refractivity (Wildman–Crippen MR) is 106 cm³/mol. The fourth-order valence-electron chi connectivity index (χ4n) is 3.20. The summed E-state index contributed by atoms with van der Waals surface area (Å²) in [4.78, 5) is 1.32. The van der Waals surface area contributed by atoms with Gasteiger partial charge in [0.2, 0.25) is 11.4 Å². The lowest BCUT2D eigenvalue weighted by molar-refractivity contribution is -0.586. The number of nitrogens with zero attached hydrogens (tertiary/aromatic N) is 1. The van der Waals surface area contributed by atoms with E-state index >= 15 is 0 Å². The third-order valence-electron chi connectivity index (χ3n) is 4.48. The maximum absolute atomic E-state index is 2.40. The molecule has 0 aliphatic heterocycles. The molecule has 0 amide bonds. The van der Waals surface area contributed by atoms with Crippen LogP contribution in [0.15, 0.2) is 84.9 Å². The minimum absolute atomic E-state index is 1.25. The average molecular weight is 342 g/mol. The minimum atomic E-state index is 1.25. The second-order valence-electron chi connectivity index (χ2n) is 6.18. The van der Waals surface area contributed by atoms with E-state index in [2.05, 4.69) is 103 Å². The highest BCUT2D eigenvalue weighted by Crippen LogP contribution is 2.35. The number of aryl methyl sites for hydroxylation is 1. The van der Waals surface area contributed by atoms with E-state index in [9.17, 15) is 0 Å². The van der Waals surface area contributed by atoms with Gasteiger partial charge in [-0.3, -0.25) is 0 Å². The fraction of sp³-hybridized carbons (Fsp3) is 0.0870. The Morgan fingerprint density at radius 3 is 1.84 bits per heavy atom. The highest BCUT2D eigenvalue weighted by molar-refractivity contribution is 7.18. The van der Waals surface area contributed by atoms with Crippen LogP contribution in [0, 0.1) is 13.8 Å². The first kappa shape index (κ1) is 15.8. The zero-order valence-electron chi connectivity index (χ0n) is 14.4. The summed E-state index contributed by atoms with van der Waals surface area (Å²) < 4.78 is 2.40. The first-order valence-corrected chi connectivity index (χ1v) is 9.29. The second-order valence-corrected chi connectivity index (χ2v) is 7.17. The van der Waals surface area contributed by atoms with E-state index in [0.29, 0.717) is 0 Å². The van der Waals surface area contributed by atoms with Gasteiger partial charge in [0.1, 0.15) is 4.88 Å². The Bertz CT molecular complexity index is 1000. The van der Waals surface area contributed by atoms with Crippen LogP contribution in [0.5, 0.6) is 0 Å². The van der Waals surface area contributed by atoms with Gasteiger partial charge in [0.25, 0.3) is 5.01 Å². The summed E-state index contributed by atoms with van der Waals surface area (Å²) in [5, 5.41) is 1.27. The molecule has 0 aliphatic carbocycles. The van der Waals surface area contributed by atoms with Crippen LogP contribution in [0.3, 0.4) is 0 Å². The zero-order valence-corrected chi connectivity index (χ0v) is 15.3. The monoisotopic (exact) mass is 342 g/mol. The lowest BCUT2D eigenvalue weighted by Gasteiger charge is -2.03. The van der Waals surface area contributed by atoms with Crippen molar-refractivity contribution in [3.05, 3.63) is 96.2 Å². The van der Waals surface area contributed by atoms with E-state index in [1.807, 2.05) is 11.3 Å². The Balaban J connectivity index is 2.02. The van der Waals surface area contributed by atoms with Gasteiger partial charge in [0.15, 0.2) is 0 Å². The first-order chi connectivity index (χ1) is 12.3. The van der Waals surface area contributed by atoms with Crippen molar-refractivity contribution in [3.63, 3.8) is 0 Å². The predicted octanol–water partition coefficient (Wildman–Crippen LogP) is 5.98. The van der Waals surface area contributed by atoms with Crippen molar-refractivity contribution in [2.75, 3.05) is 0 Å². The van der Waals surface area contributed by atoms with Crippen LogP contribution in [-0.2, 0) is 0 Å². The van der Waals surface area contributed by atoms with Gasteiger partial charge in [-0.15, -0.1) is 4.57 Å². The Labute approximate surface area is 152 Å². The van der Waals surface area contributed by atoms with E-state index in [1.54, 1.807) is 0 Å². The SMILES string of the molecule is Cc1ccccc1-[n+]1c(-c2ccccc2)sc(-c2ccccc2)c1C. The molecule has 0 aliphatic rings. The molecule has 0 atom stereocenters. The standard InChI is InChI=1S/C23H20NS/c1-17-11-9-10-16-21(17)24-18(2)22(19-12-5-3-6-13-19)25-23(24)20-14-7-4-8-15-20/h3-16H,1-2H3/q+1. The molecular weight excluding hydrogens is 322 g/mol.